The van der Waals surface area contributed by atoms with Crippen LogP contribution in [0.5, 0.6) is 0 Å². The summed E-state index contributed by atoms with van der Waals surface area (Å²) >= 11 is 0. The SMILES string of the molecule is COC(=O)c1ccc(NC(=O)CN2CCN(C3c4ccccc4-c4ccccc43)CC2)cc1. The molecule has 2 aliphatic rings. The summed E-state index contributed by atoms with van der Waals surface area (Å²) < 4.78 is 4.71. The number of hydrogen-bond acceptors (Lipinski definition) is 5. The van der Waals surface area contributed by atoms with Crippen LogP contribution in [0, 0.1) is 0 Å². The van der Waals surface area contributed by atoms with E-state index in [9.17, 15) is 9.59 Å². The van der Waals surface area contributed by atoms with E-state index in [-0.39, 0.29) is 11.9 Å². The zero-order valence-corrected chi connectivity index (χ0v) is 18.7. The second kappa shape index (κ2) is 9.17. The number of benzene rings is 3. The Morgan fingerprint density at radius 3 is 2.00 bits per heavy atom. The molecule has 0 radical (unpaired) electrons. The molecule has 0 saturated carbocycles. The Morgan fingerprint density at radius 1 is 0.848 bits per heavy atom. The van der Waals surface area contributed by atoms with Crippen molar-refractivity contribution in [3.05, 3.63) is 89.5 Å². The number of hydrogen-bond donors (Lipinski definition) is 1. The molecule has 1 saturated heterocycles. The highest BCUT2D eigenvalue weighted by Gasteiger charge is 2.34. The quantitative estimate of drug-likeness (QED) is 0.611. The Bertz CT molecular complexity index is 1120. The van der Waals surface area contributed by atoms with Gasteiger partial charge in [0, 0.05) is 31.9 Å². The first-order chi connectivity index (χ1) is 16.1. The lowest BCUT2D eigenvalue weighted by Gasteiger charge is -2.38. The number of nitrogens with zero attached hydrogens (tertiary/aromatic N) is 2. The molecular formula is C27H27N3O3. The van der Waals surface area contributed by atoms with Crippen molar-refractivity contribution >= 4 is 17.6 Å². The first-order valence-electron chi connectivity index (χ1n) is 11.3. The van der Waals surface area contributed by atoms with E-state index < -0.39 is 5.97 Å². The normalized spacial score (nSPS) is 16.2. The Morgan fingerprint density at radius 2 is 1.42 bits per heavy atom. The summed E-state index contributed by atoms with van der Waals surface area (Å²) in [5.41, 5.74) is 6.55. The van der Waals surface area contributed by atoms with Crippen molar-refractivity contribution in [1.29, 1.82) is 0 Å². The van der Waals surface area contributed by atoms with Crippen LogP contribution in [0.15, 0.2) is 72.8 Å². The molecule has 0 unspecified atom stereocenters. The average molecular weight is 442 g/mol. The molecule has 0 bridgehead atoms. The summed E-state index contributed by atoms with van der Waals surface area (Å²) in [4.78, 5) is 28.8. The molecule has 3 aromatic carbocycles. The Hall–Kier alpha value is -3.48. The number of piperazine rings is 1. The lowest BCUT2D eigenvalue weighted by Crippen LogP contribution is -2.49. The highest BCUT2D eigenvalue weighted by molar-refractivity contribution is 5.94. The molecule has 33 heavy (non-hydrogen) atoms. The van der Waals surface area contributed by atoms with Gasteiger partial charge < -0.3 is 10.1 Å². The monoisotopic (exact) mass is 441 g/mol. The van der Waals surface area contributed by atoms with Gasteiger partial charge in [-0.25, -0.2) is 4.79 Å². The number of carbonyl (C=O) groups excluding carboxylic acids is 2. The molecule has 6 heteroatoms. The van der Waals surface area contributed by atoms with Gasteiger partial charge >= 0.3 is 5.97 Å². The van der Waals surface area contributed by atoms with Gasteiger partial charge in [0.15, 0.2) is 0 Å². The smallest absolute Gasteiger partial charge is 0.337 e. The summed E-state index contributed by atoms with van der Waals surface area (Å²) in [6.45, 7) is 3.86. The van der Waals surface area contributed by atoms with E-state index in [1.54, 1.807) is 24.3 Å². The maximum atomic E-state index is 12.6. The van der Waals surface area contributed by atoms with Gasteiger partial charge in [-0.3, -0.25) is 14.6 Å². The summed E-state index contributed by atoms with van der Waals surface area (Å²) in [6.07, 6.45) is 0. The molecular weight excluding hydrogens is 414 g/mol. The van der Waals surface area contributed by atoms with Crippen molar-refractivity contribution in [2.45, 2.75) is 6.04 Å². The molecule has 1 aliphatic heterocycles. The van der Waals surface area contributed by atoms with Gasteiger partial charge in [0.2, 0.25) is 5.91 Å². The first-order valence-corrected chi connectivity index (χ1v) is 11.3. The number of amides is 1. The van der Waals surface area contributed by atoms with Crippen molar-refractivity contribution in [3.63, 3.8) is 0 Å². The molecule has 1 fully saturated rings. The molecule has 6 nitrogen and oxygen atoms in total. The molecule has 0 spiro atoms. The van der Waals surface area contributed by atoms with E-state index in [2.05, 4.69) is 63.6 Å². The van der Waals surface area contributed by atoms with Crippen LogP contribution in [0.1, 0.15) is 27.5 Å². The average Bonchev–Trinajstić information content (AvgIpc) is 3.19. The van der Waals surface area contributed by atoms with E-state index in [1.807, 2.05) is 0 Å². The van der Waals surface area contributed by atoms with Gasteiger partial charge in [-0.15, -0.1) is 0 Å². The second-order valence-corrected chi connectivity index (χ2v) is 8.51. The van der Waals surface area contributed by atoms with Gasteiger partial charge in [-0.2, -0.15) is 0 Å². The van der Waals surface area contributed by atoms with E-state index in [1.165, 1.54) is 29.4 Å². The third-order valence-electron chi connectivity index (χ3n) is 6.53. The number of methoxy groups -OCH3 is 1. The van der Waals surface area contributed by atoms with Crippen molar-refractivity contribution < 1.29 is 14.3 Å². The van der Waals surface area contributed by atoms with Crippen molar-refractivity contribution in [3.8, 4) is 11.1 Å². The number of anilines is 1. The predicted molar refractivity (Wildman–Crippen MR) is 128 cm³/mol. The van der Waals surface area contributed by atoms with Gasteiger partial charge in [-0.05, 0) is 46.5 Å². The number of esters is 1. The van der Waals surface area contributed by atoms with Gasteiger partial charge in [0.05, 0.1) is 25.3 Å². The number of ether oxygens (including phenoxy) is 1. The van der Waals surface area contributed by atoms with E-state index in [4.69, 9.17) is 4.74 Å². The van der Waals surface area contributed by atoms with Crippen LogP contribution in [0.4, 0.5) is 5.69 Å². The fourth-order valence-corrected chi connectivity index (χ4v) is 4.91. The highest BCUT2D eigenvalue weighted by atomic mass is 16.5. The van der Waals surface area contributed by atoms with Crippen molar-refractivity contribution in [1.82, 2.24) is 9.80 Å². The maximum absolute atomic E-state index is 12.6. The minimum atomic E-state index is -0.391. The molecule has 0 aromatic heterocycles. The Labute approximate surface area is 193 Å². The molecule has 5 rings (SSSR count). The number of nitrogens with one attached hydrogen (secondary N) is 1. The summed E-state index contributed by atoms with van der Waals surface area (Å²) in [7, 11) is 1.35. The van der Waals surface area contributed by atoms with E-state index in [0.29, 0.717) is 17.8 Å². The zero-order chi connectivity index (χ0) is 22.8. The number of fused-ring (bicyclic) bond motifs is 3. The lowest BCUT2D eigenvalue weighted by atomic mass is 10.0. The lowest BCUT2D eigenvalue weighted by molar-refractivity contribution is -0.117. The standard InChI is InChI=1S/C27H27N3O3/c1-33-27(32)19-10-12-20(13-11-19)28-25(31)18-29-14-16-30(17-15-29)26-23-8-4-2-6-21(23)22-7-3-5-9-24(22)26/h2-13,26H,14-18H2,1H3,(H,28,31). The van der Waals surface area contributed by atoms with Crippen LogP contribution < -0.4 is 5.32 Å². The third-order valence-corrected chi connectivity index (χ3v) is 6.53. The van der Waals surface area contributed by atoms with E-state index >= 15 is 0 Å². The predicted octanol–water partition coefficient (Wildman–Crippen LogP) is 3.80. The largest absolute Gasteiger partial charge is 0.465 e. The molecule has 1 amide bonds. The van der Waals surface area contributed by atoms with Crippen LogP contribution in [-0.4, -0.2) is 61.5 Å². The molecule has 3 aromatic rings. The van der Waals surface area contributed by atoms with Crippen LogP contribution in [0.25, 0.3) is 11.1 Å². The molecule has 168 valence electrons. The molecule has 1 heterocycles. The summed E-state index contributed by atoms with van der Waals surface area (Å²) in [5.74, 6) is -0.441. The fraction of sp³-hybridized carbons (Fsp3) is 0.259. The minimum absolute atomic E-state index is 0.0502. The zero-order valence-electron chi connectivity index (χ0n) is 18.7. The van der Waals surface area contributed by atoms with Gasteiger partial charge in [0.1, 0.15) is 0 Å². The van der Waals surface area contributed by atoms with Crippen LogP contribution in [0.3, 0.4) is 0 Å². The fourth-order valence-electron chi connectivity index (χ4n) is 4.91. The van der Waals surface area contributed by atoms with E-state index in [0.717, 1.165) is 26.2 Å². The van der Waals surface area contributed by atoms with Crippen LogP contribution in [-0.2, 0) is 9.53 Å². The van der Waals surface area contributed by atoms with Gasteiger partial charge in [-0.1, -0.05) is 48.5 Å². The van der Waals surface area contributed by atoms with Crippen LogP contribution in [0.2, 0.25) is 0 Å². The summed E-state index contributed by atoms with van der Waals surface area (Å²) in [6, 6.07) is 24.4. The highest BCUT2D eigenvalue weighted by Crippen LogP contribution is 2.46. The minimum Gasteiger partial charge on any atom is -0.465 e. The molecule has 1 aliphatic carbocycles. The van der Waals surface area contributed by atoms with Crippen LogP contribution >= 0.6 is 0 Å². The number of carbonyl (C=O) groups is 2. The summed E-state index contributed by atoms with van der Waals surface area (Å²) in [5, 5.41) is 2.92. The maximum Gasteiger partial charge on any atom is 0.337 e. The third kappa shape index (κ3) is 4.27. The van der Waals surface area contributed by atoms with Gasteiger partial charge in [0.25, 0.3) is 0 Å². The first kappa shape index (κ1) is 21.4. The molecule has 0 atom stereocenters. The topological polar surface area (TPSA) is 61.9 Å². The number of rotatable bonds is 5. The van der Waals surface area contributed by atoms with Crippen molar-refractivity contribution in [2.75, 3.05) is 45.2 Å². The van der Waals surface area contributed by atoms with Crippen molar-refractivity contribution in [2.24, 2.45) is 0 Å². The Balaban J connectivity index is 1.19. The Kier molecular flexibility index (Phi) is 5.94. The molecule has 1 N–H and O–H groups in total. The second-order valence-electron chi connectivity index (χ2n) is 8.51.